The van der Waals surface area contributed by atoms with Crippen molar-refractivity contribution in [3.05, 3.63) is 29.3 Å². The Labute approximate surface area is 106 Å². The smallest absolute Gasteiger partial charge is 0.369 e. The molecule has 0 fully saturated rings. The van der Waals surface area contributed by atoms with Crippen molar-refractivity contribution in [3.8, 4) is 0 Å². The van der Waals surface area contributed by atoms with Gasteiger partial charge in [-0.15, -0.1) is 0 Å². The summed E-state index contributed by atoms with van der Waals surface area (Å²) in [7, 11) is -4.37. The van der Waals surface area contributed by atoms with Gasteiger partial charge in [0.05, 0.1) is 6.61 Å². The highest BCUT2D eigenvalue weighted by molar-refractivity contribution is 7.80. The van der Waals surface area contributed by atoms with Crippen LogP contribution in [0.5, 0.6) is 0 Å². The third-order valence-corrected chi connectivity index (χ3v) is 2.85. The maximum Gasteiger partial charge on any atom is 0.397 e. The number of hydrogen-bond acceptors (Lipinski definition) is 4. The normalized spacial score (nSPS) is 11.5. The molecule has 7 heteroatoms. The molecule has 1 N–H and O–H groups in total. The number of rotatable bonds is 6. The van der Waals surface area contributed by atoms with Gasteiger partial charge in [0.15, 0.2) is 0 Å². The molecular weight excluding hydrogens is 266 g/mol. The van der Waals surface area contributed by atoms with Gasteiger partial charge in [-0.05, 0) is 25.1 Å². The van der Waals surface area contributed by atoms with Crippen LogP contribution in [0.1, 0.15) is 6.92 Å². The molecule has 5 nitrogen and oxygen atoms in total. The summed E-state index contributed by atoms with van der Waals surface area (Å²) in [4.78, 5) is 1.89. The average molecular weight is 280 g/mol. The molecule has 0 saturated carbocycles. The van der Waals surface area contributed by atoms with Crippen molar-refractivity contribution < 1.29 is 17.2 Å². The molecule has 0 aromatic heterocycles. The highest BCUT2D eigenvalue weighted by atomic mass is 35.5. The van der Waals surface area contributed by atoms with Crippen molar-refractivity contribution in [2.24, 2.45) is 0 Å². The first-order chi connectivity index (χ1) is 7.92. The minimum absolute atomic E-state index is 0.112. The quantitative estimate of drug-likeness (QED) is 0.807. The van der Waals surface area contributed by atoms with Crippen molar-refractivity contribution in [1.29, 1.82) is 0 Å². The van der Waals surface area contributed by atoms with E-state index >= 15 is 0 Å². The van der Waals surface area contributed by atoms with Crippen LogP contribution < -0.4 is 4.90 Å². The van der Waals surface area contributed by atoms with Gasteiger partial charge in [0.25, 0.3) is 0 Å². The summed E-state index contributed by atoms with van der Waals surface area (Å²) in [5.74, 6) is 0. The second-order valence-electron chi connectivity index (χ2n) is 3.31. The molecule has 0 heterocycles. The van der Waals surface area contributed by atoms with Gasteiger partial charge in [-0.1, -0.05) is 17.7 Å². The van der Waals surface area contributed by atoms with Crippen LogP contribution in [0.3, 0.4) is 0 Å². The Balaban J connectivity index is 2.60. The maximum atomic E-state index is 10.4. The Hall–Kier alpha value is -0.820. The summed E-state index contributed by atoms with van der Waals surface area (Å²) in [6.07, 6.45) is 0. The Kier molecular flexibility index (Phi) is 5.20. The summed E-state index contributed by atoms with van der Waals surface area (Å²) in [5.41, 5.74) is 0.874. The Morgan fingerprint density at radius 3 is 2.71 bits per heavy atom. The van der Waals surface area contributed by atoms with Crippen molar-refractivity contribution in [3.63, 3.8) is 0 Å². The number of benzene rings is 1. The van der Waals surface area contributed by atoms with E-state index in [2.05, 4.69) is 4.18 Å². The van der Waals surface area contributed by atoms with Crippen LogP contribution in [0.25, 0.3) is 0 Å². The van der Waals surface area contributed by atoms with Gasteiger partial charge in [0, 0.05) is 23.8 Å². The van der Waals surface area contributed by atoms with E-state index < -0.39 is 10.4 Å². The molecule has 1 rings (SSSR count). The van der Waals surface area contributed by atoms with E-state index in [0.717, 1.165) is 5.69 Å². The highest BCUT2D eigenvalue weighted by Crippen LogP contribution is 2.19. The summed E-state index contributed by atoms with van der Waals surface area (Å²) >= 11 is 5.86. The molecule has 0 saturated heterocycles. The van der Waals surface area contributed by atoms with Crippen LogP contribution in [0.15, 0.2) is 24.3 Å². The minimum Gasteiger partial charge on any atom is -0.369 e. The molecule has 0 atom stereocenters. The molecule has 0 amide bonds. The number of anilines is 1. The lowest BCUT2D eigenvalue weighted by molar-refractivity contribution is 0.274. The summed E-state index contributed by atoms with van der Waals surface area (Å²) in [6, 6.07) is 7.21. The van der Waals surface area contributed by atoms with Gasteiger partial charge < -0.3 is 4.90 Å². The fraction of sp³-hybridized carbons (Fsp3) is 0.400. The topological polar surface area (TPSA) is 66.8 Å². The molecule has 1 aromatic rings. The molecule has 96 valence electrons. The molecule has 0 aliphatic heterocycles. The minimum atomic E-state index is -4.37. The Bertz CT molecular complexity index is 463. The van der Waals surface area contributed by atoms with Crippen LogP contribution in [0.2, 0.25) is 5.02 Å². The molecule has 0 unspecified atom stereocenters. The lowest BCUT2D eigenvalue weighted by atomic mass is 10.3. The molecule has 1 aromatic carbocycles. The second-order valence-corrected chi connectivity index (χ2v) is 4.84. The molecule has 0 spiro atoms. The fourth-order valence-corrected chi connectivity index (χ4v) is 1.87. The Morgan fingerprint density at radius 1 is 1.47 bits per heavy atom. The van der Waals surface area contributed by atoms with E-state index in [1.54, 1.807) is 12.1 Å². The SMILES string of the molecule is CCN(CCOS(=O)(=O)O)c1cccc(Cl)c1. The van der Waals surface area contributed by atoms with Crippen LogP contribution >= 0.6 is 11.6 Å². The predicted octanol–water partition coefficient (Wildman–Crippen LogP) is 1.99. The van der Waals surface area contributed by atoms with E-state index in [4.69, 9.17) is 16.2 Å². The third-order valence-electron chi connectivity index (χ3n) is 2.15. The van der Waals surface area contributed by atoms with Crippen LogP contribution in [0, 0.1) is 0 Å². The largest absolute Gasteiger partial charge is 0.397 e. The van der Waals surface area contributed by atoms with Gasteiger partial charge in [0.1, 0.15) is 0 Å². The van der Waals surface area contributed by atoms with Crippen molar-refractivity contribution >= 4 is 27.7 Å². The average Bonchev–Trinajstić information content (AvgIpc) is 2.23. The van der Waals surface area contributed by atoms with Crippen LogP contribution in [-0.2, 0) is 14.6 Å². The van der Waals surface area contributed by atoms with Gasteiger partial charge in [-0.25, -0.2) is 4.18 Å². The number of halogens is 1. The second kappa shape index (κ2) is 6.20. The standard InChI is InChI=1S/C10H14ClNO4S/c1-2-12(6-7-16-17(13,14)15)10-5-3-4-9(11)8-10/h3-5,8H,2,6-7H2,1H3,(H,13,14,15). The van der Waals surface area contributed by atoms with Crippen molar-refractivity contribution in [2.75, 3.05) is 24.6 Å². The lowest BCUT2D eigenvalue weighted by Crippen LogP contribution is -2.27. The van der Waals surface area contributed by atoms with Crippen molar-refractivity contribution in [1.82, 2.24) is 0 Å². The van der Waals surface area contributed by atoms with Gasteiger partial charge >= 0.3 is 10.4 Å². The number of nitrogens with zero attached hydrogens (tertiary/aromatic N) is 1. The van der Waals surface area contributed by atoms with Crippen LogP contribution in [-0.4, -0.2) is 32.7 Å². The lowest BCUT2D eigenvalue weighted by Gasteiger charge is -2.22. The van der Waals surface area contributed by atoms with Gasteiger partial charge in [0.2, 0.25) is 0 Å². The number of likely N-dealkylation sites (N-methyl/N-ethyl adjacent to an activating group) is 1. The van der Waals surface area contributed by atoms with Crippen LogP contribution in [0.4, 0.5) is 5.69 Å². The van der Waals surface area contributed by atoms with E-state index in [9.17, 15) is 8.42 Å². The Morgan fingerprint density at radius 2 is 2.18 bits per heavy atom. The predicted molar refractivity (Wildman–Crippen MR) is 66.8 cm³/mol. The van der Waals surface area contributed by atoms with E-state index in [-0.39, 0.29) is 6.61 Å². The van der Waals surface area contributed by atoms with Crippen molar-refractivity contribution in [2.45, 2.75) is 6.92 Å². The zero-order valence-corrected chi connectivity index (χ0v) is 10.9. The molecule has 0 aliphatic rings. The zero-order chi connectivity index (χ0) is 12.9. The molecule has 0 aliphatic carbocycles. The zero-order valence-electron chi connectivity index (χ0n) is 9.34. The maximum absolute atomic E-state index is 10.4. The third kappa shape index (κ3) is 5.36. The van der Waals surface area contributed by atoms with E-state index in [0.29, 0.717) is 18.1 Å². The molecular formula is C10H14ClNO4S. The van der Waals surface area contributed by atoms with Gasteiger partial charge in [-0.2, -0.15) is 8.42 Å². The summed E-state index contributed by atoms with van der Waals surface area (Å²) in [5, 5.41) is 0.608. The molecule has 0 radical (unpaired) electrons. The van der Waals surface area contributed by atoms with Gasteiger partial charge in [-0.3, -0.25) is 4.55 Å². The molecule has 17 heavy (non-hydrogen) atoms. The first-order valence-electron chi connectivity index (χ1n) is 5.04. The number of hydrogen-bond donors (Lipinski definition) is 1. The summed E-state index contributed by atoms with van der Waals surface area (Å²) in [6.45, 7) is 2.83. The fourth-order valence-electron chi connectivity index (χ4n) is 1.40. The summed E-state index contributed by atoms with van der Waals surface area (Å²) < 4.78 is 33.5. The van der Waals surface area contributed by atoms with E-state index in [1.807, 2.05) is 24.0 Å². The first kappa shape index (κ1) is 14.2. The monoisotopic (exact) mass is 279 g/mol. The first-order valence-corrected chi connectivity index (χ1v) is 6.79. The highest BCUT2D eigenvalue weighted by Gasteiger charge is 2.08. The molecule has 0 bridgehead atoms. The van der Waals surface area contributed by atoms with E-state index in [1.165, 1.54) is 0 Å².